The summed E-state index contributed by atoms with van der Waals surface area (Å²) in [6.45, 7) is 7.76. The first kappa shape index (κ1) is 25.1. The van der Waals surface area contributed by atoms with Crippen molar-refractivity contribution in [1.29, 1.82) is 0 Å². The van der Waals surface area contributed by atoms with Crippen LogP contribution in [-0.2, 0) is 11.3 Å². The topological polar surface area (TPSA) is 130 Å². The SMILES string of the molecule is Cc1ncc(NC(=O)CN2CCCC2(C)C)cc1NC(=O)c1cnn2cc(-c3cnn(CCO)c3)sc12. The van der Waals surface area contributed by atoms with E-state index in [9.17, 15) is 9.59 Å². The Kier molecular flexibility index (Phi) is 6.80. The van der Waals surface area contributed by atoms with Crippen molar-refractivity contribution in [3.8, 4) is 10.4 Å². The molecule has 2 amide bonds. The van der Waals surface area contributed by atoms with Crippen molar-refractivity contribution < 1.29 is 14.7 Å². The molecule has 4 aromatic heterocycles. The molecule has 0 spiro atoms. The number of hydrogen-bond acceptors (Lipinski definition) is 8. The number of amides is 2. The van der Waals surface area contributed by atoms with Gasteiger partial charge in [-0.2, -0.15) is 10.2 Å². The lowest BCUT2D eigenvalue weighted by atomic mass is 10.0. The van der Waals surface area contributed by atoms with Crippen LogP contribution in [0.1, 0.15) is 42.7 Å². The Bertz CT molecular complexity index is 1450. The smallest absolute Gasteiger partial charge is 0.260 e. The summed E-state index contributed by atoms with van der Waals surface area (Å²) >= 11 is 1.43. The summed E-state index contributed by atoms with van der Waals surface area (Å²) in [6.07, 6.45) is 10.7. The van der Waals surface area contributed by atoms with Gasteiger partial charge in [-0.3, -0.25) is 24.2 Å². The number of rotatable bonds is 8. The summed E-state index contributed by atoms with van der Waals surface area (Å²) in [7, 11) is 0. The van der Waals surface area contributed by atoms with Crippen molar-refractivity contribution in [3.05, 3.63) is 48.3 Å². The zero-order valence-electron chi connectivity index (χ0n) is 21.1. The number of nitrogens with zero attached hydrogens (tertiary/aromatic N) is 6. The van der Waals surface area contributed by atoms with Crippen LogP contribution in [0.5, 0.6) is 0 Å². The van der Waals surface area contributed by atoms with Crippen molar-refractivity contribution in [2.75, 3.05) is 30.3 Å². The molecule has 11 nitrogen and oxygen atoms in total. The van der Waals surface area contributed by atoms with Crippen molar-refractivity contribution in [1.82, 2.24) is 29.3 Å². The zero-order chi connectivity index (χ0) is 26.2. The monoisotopic (exact) mass is 522 g/mol. The normalized spacial score (nSPS) is 15.4. The third-order valence-corrected chi connectivity index (χ3v) is 7.87. The fraction of sp³-hybridized carbons (Fsp3) is 0.400. The first-order valence-corrected chi connectivity index (χ1v) is 13.0. The average Bonchev–Trinajstić information content (AvgIpc) is 3.61. The lowest BCUT2D eigenvalue weighted by molar-refractivity contribution is -0.118. The third kappa shape index (κ3) is 5.26. The van der Waals surface area contributed by atoms with Gasteiger partial charge in [0.25, 0.3) is 5.91 Å². The highest BCUT2D eigenvalue weighted by molar-refractivity contribution is 7.21. The van der Waals surface area contributed by atoms with Gasteiger partial charge < -0.3 is 15.7 Å². The molecule has 12 heteroatoms. The molecule has 5 heterocycles. The molecule has 0 unspecified atom stereocenters. The maximum absolute atomic E-state index is 13.2. The minimum atomic E-state index is -0.313. The number of carbonyl (C=O) groups excluding carboxylic acids is 2. The highest BCUT2D eigenvalue weighted by atomic mass is 32.1. The molecule has 194 valence electrons. The van der Waals surface area contributed by atoms with E-state index < -0.39 is 0 Å². The van der Waals surface area contributed by atoms with Gasteiger partial charge >= 0.3 is 0 Å². The zero-order valence-corrected chi connectivity index (χ0v) is 21.9. The molecule has 5 rings (SSSR count). The molecule has 0 aromatic carbocycles. The van der Waals surface area contributed by atoms with Crippen LogP contribution < -0.4 is 10.6 Å². The van der Waals surface area contributed by atoms with Crippen LogP contribution in [-0.4, -0.2) is 71.4 Å². The van der Waals surface area contributed by atoms with Gasteiger partial charge in [-0.1, -0.05) is 0 Å². The van der Waals surface area contributed by atoms with Gasteiger partial charge in [0.15, 0.2) is 0 Å². The molecule has 0 saturated carbocycles. The quantitative estimate of drug-likeness (QED) is 0.324. The Balaban J connectivity index is 1.29. The average molecular weight is 523 g/mol. The van der Waals surface area contributed by atoms with Crippen LogP contribution >= 0.6 is 11.3 Å². The Morgan fingerprint density at radius 2 is 2.00 bits per heavy atom. The lowest BCUT2D eigenvalue weighted by Crippen LogP contribution is -2.42. The number of aliphatic hydroxyl groups excluding tert-OH is 1. The summed E-state index contributed by atoms with van der Waals surface area (Å²) in [5, 5.41) is 23.5. The molecule has 1 aliphatic rings. The molecule has 0 aliphatic carbocycles. The first-order valence-electron chi connectivity index (χ1n) is 12.2. The molecule has 1 saturated heterocycles. The highest BCUT2D eigenvalue weighted by Gasteiger charge is 2.32. The van der Waals surface area contributed by atoms with E-state index in [0.29, 0.717) is 40.6 Å². The minimum absolute atomic E-state index is 0.00891. The minimum Gasteiger partial charge on any atom is -0.394 e. The highest BCUT2D eigenvalue weighted by Crippen LogP contribution is 2.31. The van der Waals surface area contributed by atoms with Gasteiger partial charge in [0, 0.05) is 23.5 Å². The number of likely N-dealkylation sites (tertiary alicyclic amines) is 1. The molecular formula is C25H30N8O3S. The number of pyridine rings is 1. The fourth-order valence-corrected chi connectivity index (χ4v) is 5.57. The second kappa shape index (κ2) is 10.0. The van der Waals surface area contributed by atoms with E-state index in [1.165, 1.54) is 17.5 Å². The molecule has 4 aromatic rings. The van der Waals surface area contributed by atoms with Gasteiger partial charge in [-0.25, -0.2) is 4.52 Å². The summed E-state index contributed by atoms with van der Waals surface area (Å²) < 4.78 is 3.33. The number of hydrogen-bond donors (Lipinski definition) is 3. The molecule has 0 atom stereocenters. The van der Waals surface area contributed by atoms with E-state index in [2.05, 4.69) is 44.6 Å². The largest absolute Gasteiger partial charge is 0.394 e. The summed E-state index contributed by atoms with van der Waals surface area (Å²) in [4.78, 5) is 34.0. The molecular weight excluding hydrogens is 492 g/mol. The maximum atomic E-state index is 13.2. The Labute approximate surface area is 218 Å². The molecule has 1 fully saturated rings. The van der Waals surface area contributed by atoms with E-state index in [0.717, 1.165) is 29.8 Å². The van der Waals surface area contributed by atoms with E-state index in [1.54, 1.807) is 34.6 Å². The number of fused-ring (bicyclic) bond motifs is 1. The van der Waals surface area contributed by atoms with E-state index in [4.69, 9.17) is 5.11 Å². The lowest BCUT2D eigenvalue weighted by Gasteiger charge is -2.30. The van der Waals surface area contributed by atoms with Crippen molar-refractivity contribution in [2.24, 2.45) is 0 Å². The Morgan fingerprint density at radius 1 is 1.16 bits per heavy atom. The fourth-order valence-electron chi connectivity index (χ4n) is 4.54. The van der Waals surface area contributed by atoms with Crippen LogP contribution in [0.3, 0.4) is 0 Å². The van der Waals surface area contributed by atoms with Crippen LogP contribution in [0.25, 0.3) is 15.3 Å². The van der Waals surface area contributed by atoms with E-state index in [1.807, 2.05) is 12.4 Å². The van der Waals surface area contributed by atoms with Gasteiger partial charge in [-0.05, 0) is 46.2 Å². The van der Waals surface area contributed by atoms with Crippen molar-refractivity contribution in [2.45, 2.75) is 45.7 Å². The number of aryl methyl sites for hydroxylation is 1. The Morgan fingerprint density at radius 3 is 2.76 bits per heavy atom. The number of thiazole rings is 1. The number of aliphatic hydroxyl groups is 1. The maximum Gasteiger partial charge on any atom is 0.260 e. The predicted octanol–water partition coefficient (Wildman–Crippen LogP) is 3.02. The Hall–Kier alpha value is -3.61. The van der Waals surface area contributed by atoms with Crippen LogP contribution in [0, 0.1) is 6.92 Å². The molecule has 37 heavy (non-hydrogen) atoms. The molecule has 1 aliphatic heterocycles. The molecule has 0 radical (unpaired) electrons. The second-order valence-corrected chi connectivity index (χ2v) is 10.8. The van der Waals surface area contributed by atoms with Crippen molar-refractivity contribution >= 4 is 39.4 Å². The second-order valence-electron chi connectivity index (χ2n) is 9.82. The summed E-state index contributed by atoms with van der Waals surface area (Å²) in [5.41, 5.74) is 3.02. The van der Waals surface area contributed by atoms with Gasteiger partial charge in [-0.15, -0.1) is 11.3 Å². The number of carbonyl (C=O) groups is 2. The third-order valence-electron chi connectivity index (χ3n) is 6.71. The standard InChI is InChI=1S/C25H30N8O3S/c1-16-20(9-18(11-26-16)29-22(35)15-31-6-4-5-25(31,2)3)30-23(36)19-12-28-33-14-21(37-24(19)33)17-10-27-32(13-17)7-8-34/h9-14,34H,4-8,15H2,1-3H3,(H,29,35)(H,30,36). The van der Waals surface area contributed by atoms with Crippen molar-refractivity contribution in [3.63, 3.8) is 0 Å². The first-order chi connectivity index (χ1) is 17.7. The predicted molar refractivity (Wildman–Crippen MR) is 142 cm³/mol. The van der Waals surface area contributed by atoms with Crippen LogP contribution in [0.2, 0.25) is 0 Å². The van der Waals surface area contributed by atoms with E-state index >= 15 is 0 Å². The number of nitrogens with one attached hydrogen (secondary N) is 2. The summed E-state index contributed by atoms with van der Waals surface area (Å²) in [6, 6.07) is 1.73. The van der Waals surface area contributed by atoms with Crippen LogP contribution in [0.4, 0.5) is 11.4 Å². The molecule has 3 N–H and O–H groups in total. The number of anilines is 2. The van der Waals surface area contributed by atoms with E-state index in [-0.39, 0.29) is 24.0 Å². The van der Waals surface area contributed by atoms with Crippen LogP contribution in [0.15, 0.2) is 37.1 Å². The molecule has 0 bridgehead atoms. The van der Waals surface area contributed by atoms with Gasteiger partial charge in [0.05, 0.1) is 65.8 Å². The van der Waals surface area contributed by atoms with Gasteiger partial charge in [0.2, 0.25) is 5.91 Å². The summed E-state index contributed by atoms with van der Waals surface area (Å²) in [5.74, 6) is -0.420. The van der Waals surface area contributed by atoms with Gasteiger partial charge in [0.1, 0.15) is 4.83 Å². The number of aromatic nitrogens is 5.